The monoisotopic (exact) mass is 231 g/mol. The maximum Gasteiger partial charge on any atom is 0.0233 e. The first kappa shape index (κ1) is 12.6. The van der Waals surface area contributed by atoms with Gasteiger partial charge in [0.05, 0.1) is 0 Å². The second-order valence-corrected chi connectivity index (χ2v) is 6.58. The fourth-order valence-corrected chi connectivity index (χ4v) is 2.54. The molecule has 0 radical (unpaired) electrons. The summed E-state index contributed by atoms with van der Waals surface area (Å²) in [6.45, 7) is 12.8. The average Bonchev–Trinajstić information content (AvgIpc) is 2.63. The molecule has 2 rings (SSSR count). The molecule has 0 aliphatic carbocycles. The Morgan fingerprint density at radius 2 is 1.82 bits per heavy atom. The van der Waals surface area contributed by atoms with Crippen molar-refractivity contribution in [2.75, 3.05) is 13.1 Å². The van der Waals surface area contributed by atoms with E-state index in [4.69, 9.17) is 0 Å². The fraction of sp³-hybridized carbons (Fsp3) is 0.625. The lowest BCUT2D eigenvalue weighted by Gasteiger charge is -2.20. The second-order valence-electron chi connectivity index (χ2n) is 6.58. The van der Waals surface area contributed by atoms with Gasteiger partial charge in [0.1, 0.15) is 0 Å². The molecule has 1 aliphatic heterocycles. The fourth-order valence-electron chi connectivity index (χ4n) is 2.54. The smallest absolute Gasteiger partial charge is 0.0233 e. The van der Waals surface area contributed by atoms with E-state index >= 15 is 0 Å². The molecular formula is C16H25N. The lowest BCUT2D eigenvalue weighted by atomic mass is 9.87. The van der Waals surface area contributed by atoms with Gasteiger partial charge in [-0.15, -0.1) is 0 Å². The maximum atomic E-state index is 2.57. The van der Waals surface area contributed by atoms with Gasteiger partial charge in [-0.05, 0) is 35.4 Å². The number of hydrogen-bond donors (Lipinski definition) is 0. The Hall–Kier alpha value is -0.820. The van der Waals surface area contributed by atoms with Crippen LogP contribution >= 0.6 is 0 Å². The summed E-state index contributed by atoms with van der Waals surface area (Å²) in [6.07, 6.45) is 1.36. The molecular weight excluding hydrogens is 206 g/mol. The summed E-state index contributed by atoms with van der Waals surface area (Å²) in [5.74, 6) is 0.879. The van der Waals surface area contributed by atoms with E-state index in [0.717, 1.165) is 12.5 Å². The van der Waals surface area contributed by atoms with Gasteiger partial charge in [-0.1, -0.05) is 52.0 Å². The lowest BCUT2D eigenvalue weighted by Crippen LogP contribution is -2.19. The van der Waals surface area contributed by atoms with Crippen LogP contribution in [-0.4, -0.2) is 18.0 Å². The molecule has 0 aromatic heterocycles. The summed E-state index contributed by atoms with van der Waals surface area (Å²) >= 11 is 0. The molecule has 0 saturated carbocycles. The van der Waals surface area contributed by atoms with Crippen molar-refractivity contribution in [3.8, 4) is 0 Å². The van der Waals surface area contributed by atoms with Crippen molar-refractivity contribution < 1.29 is 0 Å². The van der Waals surface area contributed by atoms with E-state index in [0.29, 0.717) is 0 Å². The third-order valence-electron chi connectivity index (χ3n) is 3.73. The van der Waals surface area contributed by atoms with Crippen LogP contribution in [-0.2, 0) is 12.0 Å². The van der Waals surface area contributed by atoms with E-state index in [2.05, 4.69) is 56.9 Å². The van der Waals surface area contributed by atoms with Crippen molar-refractivity contribution >= 4 is 0 Å². The van der Waals surface area contributed by atoms with Crippen LogP contribution in [0.4, 0.5) is 0 Å². The van der Waals surface area contributed by atoms with E-state index in [-0.39, 0.29) is 5.41 Å². The minimum absolute atomic E-state index is 0.265. The number of likely N-dealkylation sites (tertiary alicyclic amines) is 1. The van der Waals surface area contributed by atoms with Crippen molar-refractivity contribution in [3.63, 3.8) is 0 Å². The Morgan fingerprint density at radius 3 is 2.29 bits per heavy atom. The summed E-state index contributed by atoms with van der Waals surface area (Å²) < 4.78 is 0. The zero-order valence-electron chi connectivity index (χ0n) is 11.7. The first-order valence-corrected chi connectivity index (χ1v) is 6.77. The third kappa shape index (κ3) is 3.32. The summed E-state index contributed by atoms with van der Waals surface area (Å²) in [4.78, 5) is 2.57. The Kier molecular flexibility index (Phi) is 3.58. The van der Waals surface area contributed by atoms with Gasteiger partial charge < -0.3 is 0 Å². The largest absolute Gasteiger partial charge is 0.299 e. The van der Waals surface area contributed by atoms with E-state index in [9.17, 15) is 0 Å². The Labute approximate surface area is 106 Å². The van der Waals surface area contributed by atoms with Crippen molar-refractivity contribution in [3.05, 3.63) is 35.4 Å². The third-order valence-corrected chi connectivity index (χ3v) is 3.73. The van der Waals surface area contributed by atoms with E-state index in [1.165, 1.54) is 30.6 Å². The van der Waals surface area contributed by atoms with E-state index < -0.39 is 0 Å². The molecule has 94 valence electrons. The van der Waals surface area contributed by atoms with Gasteiger partial charge in [0, 0.05) is 13.1 Å². The van der Waals surface area contributed by atoms with Gasteiger partial charge in [-0.3, -0.25) is 4.90 Å². The Bertz CT molecular complexity index is 358. The lowest BCUT2D eigenvalue weighted by molar-refractivity contribution is 0.320. The second kappa shape index (κ2) is 4.81. The van der Waals surface area contributed by atoms with Crippen LogP contribution in [0, 0.1) is 5.92 Å². The first-order valence-electron chi connectivity index (χ1n) is 6.77. The molecule has 1 heteroatoms. The Balaban J connectivity index is 1.99. The highest BCUT2D eigenvalue weighted by Gasteiger charge is 2.18. The molecule has 17 heavy (non-hydrogen) atoms. The molecule has 0 N–H and O–H groups in total. The molecule has 1 aromatic carbocycles. The summed E-state index contributed by atoms with van der Waals surface area (Å²) in [5, 5.41) is 0. The minimum atomic E-state index is 0.265. The molecule has 0 unspecified atom stereocenters. The van der Waals surface area contributed by atoms with Crippen LogP contribution in [0.15, 0.2) is 24.3 Å². The van der Waals surface area contributed by atoms with Crippen LogP contribution in [0.5, 0.6) is 0 Å². The topological polar surface area (TPSA) is 3.24 Å². The predicted octanol–water partition coefficient (Wildman–Crippen LogP) is 3.83. The highest BCUT2D eigenvalue weighted by Crippen LogP contribution is 2.23. The molecule has 1 aliphatic rings. The van der Waals surface area contributed by atoms with Crippen molar-refractivity contribution in [1.29, 1.82) is 0 Å². The highest BCUT2D eigenvalue weighted by molar-refractivity contribution is 5.27. The highest BCUT2D eigenvalue weighted by atomic mass is 15.1. The summed E-state index contributed by atoms with van der Waals surface area (Å²) in [6, 6.07) is 9.16. The standard InChI is InChI=1S/C16H25N/c1-13-9-10-17(11-13)12-14-5-7-15(8-6-14)16(2,3)4/h5-8,13H,9-12H2,1-4H3/t13-/m0/s1. The quantitative estimate of drug-likeness (QED) is 0.748. The molecule has 0 amide bonds. The normalized spacial score (nSPS) is 22.0. The predicted molar refractivity (Wildman–Crippen MR) is 74.2 cm³/mol. The van der Waals surface area contributed by atoms with Gasteiger partial charge in [0.2, 0.25) is 0 Å². The number of benzene rings is 1. The number of rotatable bonds is 2. The van der Waals surface area contributed by atoms with Crippen LogP contribution in [0.25, 0.3) is 0 Å². The SMILES string of the molecule is C[C@H]1CCN(Cc2ccc(C(C)(C)C)cc2)C1. The van der Waals surface area contributed by atoms with Crippen LogP contribution < -0.4 is 0 Å². The van der Waals surface area contributed by atoms with Gasteiger partial charge in [0.25, 0.3) is 0 Å². The van der Waals surface area contributed by atoms with Crippen molar-refractivity contribution in [1.82, 2.24) is 4.90 Å². The van der Waals surface area contributed by atoms with Crippen LogP contribution in [0.3, 0.4) is 0 Å². The average molecular weight is 231 g/mol. The Morgan fingerprint density at radius 1 is 1.18 bits per heavy atom. The molecule has 0 bridgehead atoms. The molecule has 0 spiro atoms. The molecule has 1 atom stereocenters. The summed E-state index contributed by atoms with van der Waals surface area (Å²) in [5.41, 5.74) is 3.14. The van der Waals surface area contributed by atoms with Gasteiger partial charge in [0.15, 0.2) is 0 Å². The summed E-state index contributed by atoms with van der Waals surface area (Å²) in [7, 11) is 0. The molecule has 1 heterocycles. The molecule has 1 nitrogen and oxygen atoms in total. The van der Waals surface area contributed by atoms with Gasteiger partial charge in [-0.25, -0.2) is 0 Å². The van der Waals surface area contributed by atoms with Crippen molar-refractivity contribution in [2.24, 2.45) is 5.92 Å². The number of hydrogen-bond acceptors (Lipinski definition) is 1. The van der Waals surface area contributed by atoms with Gasteiger partial charge >= 0.3 is 0 Å². The maximum absolute atomic E-state index is 2.57. The van der Waals surface area contributed by atoms with Crippen LogP contribution in [0.2, 0.25) is 0 Å². The first-order chi connectivity index (χ1) is 7.95. The zero-order chi connectivity index (χ0) is 12.5. The van der Waals surface area contributed by atoms with Gasteiger partial charge in [-0.2, -0.15) is 0 Å². The molecule has 1 saturated heterocycles. The molecule has 1 aromatic rings. The number of nitrogens with zero attached hydrogens (tertiary/aromatic N) is 1. The zero-order valence-corrected chi connectivity index (χ0v) is 11.7. The van der Waals surface area contributed by atoms with Crippen LogP contribution in [0.1, 0.15) is 45.2 Å². The van der Waals surface area contributed by atoms with Crippen molar-refractivity contribution in [2.45, 2.75) is 46.1 Å². The van der Waals surface area contributed by atoms with E-state index in [1.54, 1.807) is 0 Å². The van der Waals surface area contributed by atoms with E-state index in [1.807, 2.05) is 0 Å². The molecule has 1 fully saturated rings. The minimum Gasteiger partial charge on any atom is -0.299 e.